The lowest BCUT2D eigenvalue weighted by atomic mass is 9.91. The van der Waals surface area contributed by atoms with E-state index in [-0.39, 0.29) is 29.2 Å². The molecule has 0 spiro atoms. The second-order valence-electron chi connectivity index (χ2n) is 10.9. The third kappa shape index (κ3) is 7.40. The Morgan fingerprint density at radius 1 is 1.06 bits per heavy atom. The summed E-state index contributed by atoms with van der Waals surface area (Å²) in [4.78, 5) is 43.6. The lowest BCUT2D eigenvalue weighted by molar-refractivity contribution is -0.135. The first-order valence-corrected chi connectivity index (χ1v) is 12.8. The van der Waals surface area contributed by atoms with Crippen LogP contribution < -0.4 is 11.1 Å². The van der Waals surface area contributed by atoms with Gasteiger partial charge in [-0.2, -0.15) is 0 Å². The lowest BCUT2D eigenvalue weighted by Crippen LogP contribution is -2.47. The van der Waals surface area contributed by atoms with Crippen LogP contribution in [-0.2, 0) is 16.0 Å². The standard InChI is InChI=1S/C29H40N4O3/c1-21-10-12-23(13-11-21)28(36)33-20-24(18-25(33)27(35)31-16-15-30)32(26(34)19-29(2,3)4)17-14-22-8-6-5-7-9-22/h5-13,24-25H,14-20,30H2,1-4H3,(H,31,35). The monoisotopic (exact) mass is 492 g/mol. The van der Waals surface area contributed by atoms with E-state index in [9.17, 15) is 14.4 Å². The maximum absolute atomic E-state index is 13.5. The molecule has 1 fully saturated rings. The molecule has 0 aromatic heterocycles. The predicted octanol–water partition coefficient (Wildman–Crippen LogP) is 3.16. The van der Waals surface area contributed by atoms with Gasteiger partial charge in [0.05, 0.1) is 6.04 Å². The number of carbonyl (C=O) groups excluding carboxylic acids is 3. The number of nitrogens with one attached hydrogen (secondary N) is 1. The van der Waals surface area contributed by atoms with Crippen molar-refractivity contribution in [3.63, 3.8) is 0 Å². The average Bonchev–Trinajstić information content (AvgIpc) is 3.27. The molecule has 0 radical (unpaired) electrons. The fourth-order valence-corrected chi connectivity index (χ4v) is 4.65. The first kappa shape index (κ1) is 27.4. The third-order valence-electron chi connectivity index (χ3n) is 6.51. The third-order valence-corrected chi connectivity index (χ3v) is 6.51. The van der Waals surface area contributed by atoms with Crippen LogP contribution in [0.25, 0.3) is 0 Å². The van der Waals surface area contributed by atoms with Gasteiger partial charge in [-0.1, -0.05) is 68.8 Å². The minimum atomic E-state index is -0.656. The highest BCUT2D eigenvalue weighted by Crippen LogP contribution is 2.28. The topological polar surface area (TPSA) is 95.7 Å². The summed E-state index contributed by atoms with van der Waals surface area (Å²) in [5, 5.41) is 2.84. The summed E-state index contributed by atoms with van der Waals surface area (Å²) in [5.74, 6) is -0.374. The Bertz CT molecular complexity index is 1030. The molecule has 3 N–H and O–H groups in total. The number of hydrogen-bond donors (Lipinski definition) is 2. The Labute approximate surface area is 215 Å². The Morgan fingerprint density at radius 2 is 1.72 bits per heavy atom. The number of amides is 3. The Morgan fingerprint density at radius 3 is 2.33 bits per heavy atom. The second-order valence-corrected chi connectivity index (χ2v) is 10.9. The average molecular weight is 493 g/mol. The first-order chi connectivity index (χ1) is 17.1. The van der Waals surface area contributed by atoms with Gasteiger partial charge in [-0.15, -0.1) is 0 Å². The molecular weight excluding hydrogens is 452 g/mol. The van der Waals surface area contributed by atoms with Crippen molar-refractivity contribution in [2.45, 2.75) is 59.0 Å². The van der Waals surface area contributed by atoms with Gasteiger partial charge in [-0.05, 0) is 42.9 Å². The molecule has 2 unspecified atom stereocenters. The zero-order valence-electron chi connectivity index (χ0n) is 22.0. The fourth-order valence-electron chi connectivity index (χ4n) is 4.65. The molecule has 1 saturated heterocycles. The first-order valence-electron chi connectivity index (χ1n) is 12.8. The highest BCUT2D eigenvalue weighted by Gasteiger charge is 2.43. The molecule has 0 saturated carbocycles. The van der Waals surface area contributed by atoms with Crippen molar-refractivity contribution in [3.8, 4) is 0 Å². The fraction of sp³-hybridized carbons (Fsp3) is 0.483. The number of nitrogens with zero attached hydrogens (tertiary/aromatic N) is 2. The summed E-state index contributed by atoms with van der Waals surface area (Å²) in [5.41, 5.74) is 8.17. The van der Waals surface area contributed by atoms with Crippen molar-refractivity contribution in [1.82, 2.24) is 15.1 Å². The maximum atomic E-state index is 13.5. The number of aryl methyl sites for hydroxylation is 1. The largest absolute Gasteiger partial charge is 0.353 e. The van der Waals surface area contributed by atoms with Gasteiger partial charge in [-0.25, -0.2) is 0 Å². The normalized spacial score (nSPS) is 17.6. The quantitative estimate of drug-likeness (QED) is 0.562. The minimum absolute atomic E-state index is 0.0502. The molecule has 3 rings (SSSR count). The molecule has 2 atom stereocenters. The number of carbonyl (C=O) groups is 3. The maximum Gasteiger partial charge on any atom is 0.254 e. The van der Waals surface area contributed by atoms with Crippen molar-refractivity contribution in [3.05, 3.63) is 71.3 Å². The molecule has 1 heterocycles. The number of benzene rings is 2. The van der Waals surface area contributed by atoms with Crippen LogP contribution in [-0.4, -0.2) is 65.8 Å². The lowest BCUT2D eigenvalue weighted by Gasteiger charge is -2.32. The summed E-state index contributed by atoms with van der Waals surface area (Å²) >= 11 is 0. The van der Waals surface area contributed by atoms with E-state index in [4.69, 9.17) is 5.73 Å². The van der Waals surface area contributed by atoms with Crippen molar-refractivity contribution in [2.24, 2.45) is 11.1 Å². The number of likely N-dealkylation sites (tertiary alicyclic amines) is 1. The Kier molecular flexibility index (Phi) is 9.26. The summed E-state index contributed by atoms with van der Waals surface area (Å²) in [6.07, 6.45) is 1.51. The van der Waals surface area contributed by atoms with Crippen molar-refractivity contribution in [2.75, 3.05) is 26.2 Å². The van der Waals surface area contributed by atoms with E-state index in [2.05, 4.69) is 17.4 Å². The predicted molar refractivity (Wildman–Crippen MR) is 142 cm³/mol. The van der Waals surface area contributed by atoms with Gasteiger partial charge in [0.15, 0.2) is 0 Å². The van der Waals surface area contributed by atoms with Gasteiger partial charge in [0.25, 0.3) is 5.91 Å². The van der Waals surface area contributed by atoms with Crippen LogP contribution in [0.5, 0.6) is 0 Å². The number of hydrogen-bond acceptors (Lipinski definition) is 4. The van der Waals surface area contributed by atoms with E-state index in [1.165, 1.54) is 0 Å². The Balaban J connectivity index is 1.87. The van der Waals surface area contributed by atoms with Gasteiger partial charge < -0.3 is 20.9 Å². The molecule has 0 bridgehead atoms. The second kappa shape index (κ2) is 12.2. The van der Waals surface area contributed by atoms with Crippen LogP contribution in [0.3, 0.4) is 0 Å². The molecule has 7 nitrogen and oxygen atoms in total. The summed E-state index contributed by atoms with van der Waals surface area (Å²) < 4.78 is 0. The number of rotatable bonds is 9. The smallest absolute Gasteiger partial charge is 0.254 e. The summed E-state index contributed by atoms with van der Waals surface area (Å²) in [6, 6.07) is 16.5. The van der Waals surface area contributed by atoms with E-state index < -0.39 is 6.04 Å². The minimum Gasteiger partial charge on any atom is -0.353 e. The molecule has 3 amide bonds. The zero-order chi connectivity index (χ0) is 26.3. The van der Waals surface area contributed by atoms with E-state index in [1.807, 2.05) is 62.9 Å². The van der Waals surface area contributed by atoms with Crippen molar-refractivity contribution >= 4 is 17.7 Å². The zero-order valence-corrected chi connectivity index (χ0v) is 22.0. The SMILES string of the molecule is Cc1ccc(C(=O)N2CC(N(CCc3ccccc3)C(=O)CC(C)(C)C)CC2C(=O)NCCN)cc1. The summed E-state index contributed by atoms with van der Waals surface area (Å²) in [7, 11) is 0. The van der Waals surface area contributed by atoms with Gasteiger partial charge in [-0.3, -0.25) is 14.4 Å². The highest BCUT2D eigenvalue weighted by atomic mass is 16.2. The van der Waals surface area contributed by atoms with Crippen LogP contribution in [0.1, 0.15) is 55.1 Å². The van der Waals surface area contributed by atoms with Crippen LogP contribution in [0.15, 0.2) is 54.6 Å². The van der Waals surface area contributed by atoms with Crippen LogP contribution in [0.2, 0.25) is 0 Å². The van der Waals surface area contributed by atoms with E-state index >= 15 is 0 Å². The molecule has 7 heteroatoms. The highest BCUT2D eigenvalue weighted by molar-refractivity contribution is 5.98. The van der Waals surface area contributed by atoms with Crippen LogP contribution >= 0.6 is 0 Å². The van der Waals surface area contributed by atoms with E-state index in [0.29, 0.717) is 51.0 Å². The molecular formula is C29H40N4O3. The molecule has 194 valence electrons. The van der Waals surface area contributed by atoms with E-state index in [0.717, 1.165) is 11.1 Å². The van der Waals surface area contributed by atoms with E-state index in [1.54, 1.807) is 17.0 Å². The summed E-state index contributed by atoms with van der Waals surface area (Å²) in [6.45, 7) is 9.62. The molecule has 0 aliphatic carbocycles. The van der Waals surface area contributed by atoms with Gasteiger partial charge in [0.2, 0.25) is 11.8 Å². The van der Waals surface area contributed by atoms with Gasteiger partial charge >= 0.3 is 0 Å². The van der Waals surface area contributed by atoms with Gasteiger partial charge in [0.1, 0.15) is 6.04 Å². The van der Waals surface area contributed by atoms with Crippen molar-refractivity contribution in [1.29, 1.82) is 0 Å². The van der Waals surface area contributed by atoms with Crippen LogP contribution in [0.4, 0.5) is 0 Å². The van der Waals surface area contributed by atoms with Crippen LogP contribution in [0, 0.1) is 12.3 Å². The van der Waals surface area contributed by atoms with Gasteiger partial charge in [0, 0.05) is 38.2 Å². The molecule has 2 aromatic rings. The molecule has 1 aliphatic heterocycles. The van der Waals surface area contributed by atoms with Crippen molar-refractivity contribution < 1.29 is 14.4 Å². The molecule has 2 aromatic carbocycles. The Hall–Kier alpha value is -3.19. The molecule has 1 aliphatic rings. The number of nitrogens with two attached hydrogens (primary N) is 1. The molecule has 36 heavy (non-hydrogen) atoms.